The standard InChI is InChI=1S/C11H14BrClO/c12-10-5-6-14-11(10)8-3-1-2-4-9(13)7-8/h5-6,8-9H,1-4,7H2. The van der Waals surface area contributed by atoms with Crippen molar-refractivity contribution in [3.8, 4) is 0 Å². The van der Waals surface area contributed by atoms with Crippen molar-refractivity contribution in [2.45, 2.75) is 43.4 Å². The van der Waals surface area contributed by atoms with E-state index < -0.39 is 0 Å². The molecule has 0 spiro atoms. The highest BCUT2D eigenvalue weighted by Gasteiger charge is 2.23. The van der Waals surface area contributed by atoms with Crippen LogP contribution in [0, 0.1) is 0 Å². The Morgan fingerprint density at radius 3 is 2.86 bits per heavy atom. The molecule has 1 heterocycles. The maximum Gasteiger partial charge on any atom is 0.121 e. The molecule has 14 heavy (non-hydrogen) atoms. The van der Waals surface area contributed by atoms with Crippen LogP contribution in [0.4, 0.5) is 0 Å². The second-order valence-corrected chi connectivity index (χ2v) is 5.42. The molecule has 2 atom stereocenters. The highest BCUT2D eigenvalue weighted by atomic mass is 79.9. The van der Waals surface area contributed by atoms with Gasteiger partial charge in [0.1, 0.15) is 5.76 Å². The van der Waals surface area contributed by atoms with Crippen molar-refractivity contribution in [2.75, 3.05) is 0 Å². The molecule has 1 aromatic rings. The van der Waals surface area contributed by atoms with Crippen LogP contribution in [0.3, 0.4) is 0 Å². The molecule has 0 radical (unpaired) electrons. The minimum atomic E-state index is 0.319. The molecule has 3 heteroatoms. The van der Waals surface area contributed by atoms with Crippen molar-refractivity contribution >= 4 is 27.5 Å². The third kappa shape index (κ3) is 2.34. The second kappa shape index (κ2) is 4.71. The lowest BCUT2D eigenvalue weighted by atomic mass is 9.97. The number of halogens is 2. The van der Waals surface area contributed by atoms with Crippen LogP contribution in [0.25, 0.3) is 0 Å². The summed E-state index contributed by atoms with van der Waals surface area (Å²) in [4.78, 5) is 0. The van der Waals surface area contributed by atoms with Gasteiger partial charge in [0.2, 0.25) is 0 Å². The summed E-state index contributed by atoms with van der Waals surface area (Å²) in [6.45, 7) is 0. The molecule has 0 N–H and O–H groups in total. The minimum Gasteiger partial charge on any atom is -0.468 e. The quantitative estimate of drug-likeness (QED) is 0.536. The smallest absolute Gasteiger partial charge is 0.121 e. The molecule has 1 nitrogen and oxygen atoms in total. The summed E-state index contributed by atoms with van der Waals surface area (Å²) >= 11 is 9.74. The number of furan rings is 1. The van der Waals surface area contributed by atoms with E-state index in [9.17, 15) is 0 Å². The normalized spacial score (nSPS) is 28.7. The van der Waals surface area contributed by atoms with Crippen LogP contribution in [0.15, 0.2) is 21.2 Å². The van der Waals surface area contributed by atoms with Crippen LogP contribution in [-0.4, -0.2) is 5.38 Å². The molecule has 0 aromatic carbocycles. The Bertz CT molecular complexity index is 297. The van der Waals surface area contributed by atoms with Gasteiger partial charge in [-0.3, -0.25) is 0 Å². The van der Waals surface area contributed by atoms with Crippen molar-refractivity contribution in [2.24, 2.45) is 0 Å². The topological polar surface area (TPSA) is 13.1 Å². The van der Waals surface area contributed by atoms with E-state index >= 15 is 0 Å². The van der Waals surface area contributed by atoms with Crippen molar-refractivity contribution in [1.29, 1.82) is 0 Å². The maximum absolute atomic E-state index is 6.23. The van der Waals surface area contributed by atoms with Crippen molar-refractivity contribution in [3.05, 3.63) is 22.6 Å². The van der Waals surface area contributed by atoms with Crippen molar-refractivity contribution in [1.82, 2.24) is 0 Å². The first-order valence-electron chi connectivity index (χ1n) is 5.14. The summed E-state index contributed by atoms with van der Waals surface area (Å²) in [6, 6.07) is 1.96. The van der Waals surface area contributed by atoms with Gasteiger partial charge in [0.25, 0.3) is 0 Å². The van der Waals surface area contributed by atoms with Gasteiger partial charge in [-0.1, -0.05) is 12.8 Å². The predicted molar refractivity (Wildman–Crippen MR) is 61.9 cm³/mol. The van der Waals surface area contributed by atoms with Crippen molar-refractivity contribution in [3.63, 3.8) is 0 Å². The summed E-state index contributed by atoms with van der Waals surface area (Å²) in [6.07, 6.45) is 7.66. The number of hydrogen-bond donors (Lipinski definition) is 0. The summed E-state index contributed by atoms with van der Waals surface area (Å²) in [7, 11) is 0. The van der Waals surface area contributed by atoms with Gasteiger partial charge in [-0.2, -0.15) is 0 Å². The van der Waals surface area contributed by atoms with Crippen LogP contribution in [0.5, 0.6) is 0 Å². The van der Waals surface area contributed by atoms with E-state index in [1.807, 2.05) is 6.07 Å². The zero-order chi connectivity index (χ0) is 9.97. The van der Waals surface area contributed by atoms with E-state index in [4.69, 9.17) is 16.0 Å². The molecular formula is C11H14BrClO. The van der Waals surface area contributed by atoms with Crippen molar-refractivity contribution < 1.29 is 4.42 Å². The van der Waals surface area contributed by atoms with E-state index in [1.54, 1.807) is 6.26 Å². The Labute approximate surface area is 97.9 Å². The largest absolute Gasteiger partial charge is 0.468 e. The first-order valence-corrected chi connectivity index (χ1v) is 6.37. The third-order valence-electron chi connectivity index (χ3n) is 2.88. The lowest BCUT2D eigenvalue weighted by molar-refractivity contribution is 0.433. The van der Waals surface area contributed by atoms with Gasteiger partial charge in [0.05, 0.1) is 10.7 Å². The lowest BCUT2D eigenvalue weighted by Gasteiger charge is -2.13. The molecule has 1 aliphatic carbocycles. The van der Waals surface area contributed by atoms with Crippen LogP contribution in [0.1, 0.15) is 43.8 Å². The van der Waals surface area contributed by atoms with Crippen LogP contribution < -0.4 is 0 Å². The van der Waals surface area contributed by atoms with Gasteiger partial charge in [-0.15, -0.1) is 11.6 Å². The Kier molecular flexibility index (Phi) is 3.56. The summed E-state index contributed by atoms with van der Waals surface area (Å²) in [5.74, 6) is 1.59. The Morgan fingerprint density at radius 2 is 2.14 bits per heavy atom. The molecule has 0 amide bonds. The molecule has 1 aliphatic rings. The molecule has 1 aromatic heterocycles. The van der Waals surface area contributed by atoms with E-state index in [2.05, 4.69) is 15.9 Å². The van der Waals surface area contributed by atoms with Crippen LogP contribution in [0.2, 0.25) is 0 Å². The number of alkyl halides is 1. The molecule has 2 rings (SSSR count). The van der Waals surface area contributed by atoms with E-state index in [1.165, 1.54) is 19.3 Å². The Morgan fingerprint density at radius 1 is 1.36 bits per heavy atom. The van der Waals surface area contributed by atoms with E-state index in [-0.39, 0.29) is 0 Å². The molecular weight excluding hydrogens is 263 g/mol. The Balaban J connectivity index is 2.13. The van der Waals surface area contributed by atoms with Gasteiger partial charge in [-0.05, 0) is 41.3 Å². The van der Waals surface area contributed by atoms with Gasteiger partial charge in [0, 0.05) is 11.3 Å². The van der Waals surface area contributed by atoms with Crippen LogP contribution in [-0.2, 0) is 0 Å². The molecule has 0 bridgehead atoms. The fourth-order valence-electron chi connectivity index (χ4n) is 2.14. The molecule has 78 valence electrons. The maximum atomic E-state index is 6.23. The van der Waals surface area contributed by atoms with E-state index in [0.29, 0.717) is 11.3 Å². The molecule has 1 fully saturated rings. The monoisotopic (exact) mass is 276 g/mol. The first-order chi connectivity index (χ1) is 6.77. The fourth-order valence-corrected chi connectivity index (χ4v) is 3.03. The predicted octanol–water partition coefficient (Wildman–Crippen LogP) is 4.70. The van der Waals surface area contributed by atoms with Gasteiger partial charge in [-0.25, -0.2) is 0 Å². The summed E-state index contributed by atoms with van der Waals surface area (Å²) in [5.41, 5.74) is 0. The summed E-state index contributed by atoms with van der Waals surface area (Å²) in [5, 5.41) is 0.319. The van der Waals surface area contributed by atoms with Crippen LogP contribution >= 0.6 is 27.5 Å². The zero-order valence-corrected chi connectivity index (χ0v) is 10.4. The fraction of sp³-hybridized carbons (Fsp3) is 0.636. The molecule has 1 saturated carbocycles. The zero-order valence-electron chi connectivity index (χ0n) is 8.01. The second-order valence-electron chi connectivity index (χ2n) is 3.95. The summed E-state index contributed by atoms with van der Waals surface area (Å²) < 4.78 is 6.59. The average Bonchev–Trinajstić information content (AvgIpc) is 2.45. The van der Waals surface area contributed by atoms with Gasteiger partial charge >= 0.3 is 0 Å². The van der Waals surface area contributed by atoms with E-state index in [0.717, 1.165) is 23.1 Å². The first kappa shape index (κ1) is 10.6. The molecule has 0 saturated heterocycles. The lowest BCUT2D eigenvalue weighted by Crippen LogP contribution is -2.03. The highest BCUT2D eigenvalue weighted by Crippen LogP contribution is 2.37. The molecule has 2 unspecified atom stereocenters. The molecule has 0 aliphatic heterocycles. The van der Waals surface area contributed by atoms with Gasteiger partial charge < -0.3 is 4.42 Å². The highest BCUT2D eigenvalue weighted by molar-refractivity contribution is 9.10. The average molecular weight is 278 g/mol. The minimum absolute atomic E-state index is 0.319. The SMILES string of the molecule is ClC1CCCCC(c2occc2Br)C1. The number of rotatable bonds is 1. The van der Waals surface area contributed by atoms with Gasteiger partial charge in [0.15, 0.2) is 0 Å². The Hall–Kier alpha value is 0.0500. The third-order valence-corrected chi connectivity index (χ3v) is 3.93. The number of hydrogen-bond acceptors (Lipinski definition) is 1.